The molecule has 144 valence electrons. The molecule has 1 aliphatic rings. The summed E-state index contributed by atoms with van der Waals surface area (Å²) in [5.74, 6) is 0.548. The van der Waals surface area contributed by atoms with Gasteiger partial charge < -0.3 is 15.0 Å². The minimum atomic E-state index is -0.181. The van der Waals surface area contributed by atoms with Crippen LogP contribution in [0.15, 0.2) is 24.3 Å². The first-order chi connectivity index (χ1) is 13.1. The molecule has 27 heavy (non-hydrogen) atoms. The monoisotopic (exact) mass is 370 g/mol. The van der Waals surface area contributed by atoms with Crippen molar-refractivity contribution < 1.29 is 14.3 Å². The van der Waals surface area contributed by atoms with Crippen LogP contribution in [-0.2, 0) is 24.2 Å². The highest BCUT2D eigenvalue weighted by molar-refractivity contribution is 5.94. The van der Waals surface area contributed by atoms with E-state index < -0.39 is 0 Å². The Labute approximate surface area is 159 Å². The quantitative estimate of drug-likeness (QED) is 0.731. The summed E-state index contributed by atoms with van der Waals surface area (Å²) in [6, 6.07) is 7.53. The van der Waals surface area contributed by atoms with Crippen molar-refractivity contribution in [3.05, 3.63) is 46.8 Å². The third-order valence-electron chi connectivity index (χ3n) is 4.85. The molecule has 0 saturated carbocycles. The van der Waals surface area contributed by atoms with Gasteiger partial charge in [0.1, 0.15) is 5.75 Å². The molecule has 0 unspecified atom stereocenters. The second-order valence-electron chi connectivity index (χ2n) is 6.69. The van der Waals surface area contributed by atoms with Gasteiger partial charge in [0, 0.05) is 42.9 Å². The van der Waals surface area contributed by atoms with E-state index in [2.05, 4.69) is 22.4 Å². The zero-order valence-corrected chi connectivity index (χ0v) is 15.9. The summed E-state index contributed by atoms with van der Waals surface area (Å²) >= 11 is 0. The van der Waals surface area contributed by atoms with Gasteiger partial charge in [0.05, 0.1) is 13.5 Å². The Balaban J connectivity index is 1.69. The average molecular weight is 370 g/mol. The normalized spacial score (nSPS) is 13.2. The van der Waals surface area contributed by atoms with Gasteiger partial charge in [0.25, 0.3) is 5.91 Å². The molecule has 0 bridgehead atoms. The molecule has 0 aliphatic carbocycles. The summed E-state index contributed by atoms with van der Waals surface area (Å²) < 4.78 is 5.34. The maximum Gasteiger partial charge on any atom is 0.272 e. The Kier molecular flexibility index (Phi) is 6.11. The molecule has 0 fully saturated rings. The molecule has 3 rings (SSSR count). The Morgan fingerprint density at radius 2 is 2.15 bits per heavy atom. The lowest BCUT2D eigenvalue weighted by Gasteiger charge is -2.27. The predicted molar refractivity (Wildman–Crippen MR) is 102 cm³/mol. The van der Waals surface area contributed by atoms with Crippen LogP contribution < -0.4 is 10.1 Å². The number of nitrogens with one attached hydrogen (secondary N) is 2. The van der Waals surface area contributed by atoms with Gasteiger partial charge in [-0.05, 0) is 12.5 Å². The summed E-state index contributed by atoms with van der Waals surface area (Å²) in [4.78, 5) is 27.0. The fourth-order valence-corrected chi connectivity index (χ4v) is 3.28. The smallest absolute Gasteiger partial charge is 0.272 e. The number of nitrogens with zero attached hydrogens (tertiary/aromatic N) is 2. The van der Waals surface area contributed by atoms with E-state index in [1.54, 1.807) is 12.0 Å². The van der Waals surface area contributed by atoms with Crippen LogP contribution in [0, 0.1) is 0 Å². The largest absolute Gasteiger partial charge is 0.496 e. The third-order valence-corrected chi connectivity index (χ3v) is 4.85. The first-order valence-corrected chi connectivity index (χ1v) is 9.38. The van der Waals surface area contributed by atoms with Crippen LogP contribution in [0.5, 0.6) is 5.75 Å². The van der Waals surface area contributed by atoms with E-state index in [-0.39, 0.29) is 18.2 Å². The molecule has 0 saturated heterocycles. The van der Waals surface area contributed by atoms with Gasteiger partial charge in [-0.25, -0.2) is 0 Å². The van der Waals surface area contributed by atoms with Crippen molar-refractivity contribution in [2.75, 3.05) is 20.2 Å². The summed E-state index contributed by atoms with van der Waals surface area (Å²) in [5.41, 5.74) is 3.03. The summed E-state index contributed by atoms with van der Waals surface area (Å²) in [6.45, 7) is 3.72. The van der Waals surface area contributed by atoms with Gasteiger partial charge >= 0.3 is 0 Å². The van der Waals surface area contributed by atoms with Crippen molar-refractivity contribution in [2.45, 2.75) is 39.2 Å². The minimum absolute atomic E-state index is 0.0173. The molecule has 1 aromatic carbocycles. The van der Waals surface area contributed by atoms with Crippen LogP contribution in [0.4, 0.5) is 0 Å². The molecule has 1 aromatic heterocycles. The van der Waals surface area contributed by atoms with E-state index in [1.807, 2.05) is 24.3 Å². The predicted octanol–water partition coefficient (Wildman–Crippen LogP) is 2.08. The second-order valence-corrected chi connectivity index (χ2v) is 6.69. The van der Waals surface area contributed by atoms with Gasteiger partial charge in [-0.1, -0.05) is 31.5 Å². The molecule has 0 radical (unpaired) electrons. The standard InChI is InChI=1S/C20H26N4O3/c1-3-4-10-21-20(26)19-15-13-24(11-9-16(15)22-23-19)18(25)12-14-7-5-6-8-17(14)27-2/h5-8H,3-4,9-13H2,1-2H3,(H,21,26)(H,22,23). The van der Waals surface area contributed by atoms with E-state index in [1.165, 1.54) is 0 Å². The first kappa shape index (κ1) is 18.9. The molecular weight excluding hydrogens is 344 g/mol. The molecule has 2 N–H and O–H groups in total. The van der Waals surface area contributed by atoms with Gasteiger partial charge in [0.2, 0.25) is 5.91 Å². The lowest BCUT2D eigenvalue weighted by atomic mass is 10.0. The maximum absolute atomic E-state index is 12.8. The zero-order chi connectivity index (χ0) is 19.2. The average Bonchev–Trinajstić information content (AvgIpc) is 3.11. The number of H-pyrrole nitrogens is 1. The molecular formula is C20H26N4O3. The van der Waals surface area contributed by atoms with Crippen molar-refractivity contribution in [1.82, 2.24) is 20.4 Å². The number of hydrogen-bond acceptors (Lipinski definition) is 4. The number of benzene rings is 1. The Hall–Kier alpha value is -2.83. The zero-order valence-electron chi connectivity index (χ0n) is 15.9. The van der Waals surface area contributed by atoms with Gasteiger partial charge in [-0.15, -0.1) is 0 Å². The highest BCUT2D eigenvalue weighted by atomic mass is 16.5. The number of methoxy groups -OCH3 is 1. The van der Waals surface area contributed by atoms with Crippen molar-refractivity contribution in [2.24, 2.45) is 0 Å². The number of para-hydroxylation sites is 1. The number of unbranched alkanes of at least 4 members (excludes halogenated alkanes) is 1. The van der Waals surface area contributed by atoms with E-state index >= 15 is 0 Å². The third kappa shape index (κ3) is 4.30. The van der Waals surface area contributed by atoms with Gasteiger partial charge in [0.15, 0.2) is 5.69 Å². The maximum atomic E-state index is 12.8. The Morgan fingerprint density at radius 3 is 2.93 bits per heavy atom. The summed E-state index contributed by atoms with van der Waals surface area (Å²) in [7, 11) is 1.60. The molecule has 2 amide bonds. The number of amides is 2. The van der Waals surface area contributed by atoms with Crippen LogP contribution in [0.25, 0.3) is 0 Å². The van der Waals surface area contributed by atoms with Crippen LogP contribution in [-0.4, -0.2) is 47.1 Å². The van der Waals surface area contributed by atoms with E-state index in [9.17, 15) is 9.59 Å². The Bertz CT molecular complexity index is 815. The summed E-state index contributed by atoms with van der Waals surface area (Å²) in [5, 5.41) is 10.0. The molecule has 7 nitrogen and oxygen atoms in total. The van der Waals surface area contributed by atoms with Crippen LogP contribution in [0.3, 0.4) is 0 Å². The number of hydrogen-bond donors (Lipinski definition) is 2. The molecule has 1 aliphatic heterocycles. The SMILES string of the molecule is CCCCNC(=O)c1n[nH]c2c1CN(C(=O)Cc1ccccc1OC)CC2. The number of ether oxygens (including phenoxy) is 1. The highest BCUT2D eigenvalue weighted by Gasteiger charge is 2.28. The molecule has 2 heterocycles. The summed E-state index contributed by atoms with van der Waals surface area (Å²) in [6.07, 6.45) is 2.89. The van der Waals surface area contributed by atoms with Crippen molar-refractivity contribution in [3.63, 3.8) is 0 Å². The van der Waals surface area contributed by atoms with Crippen molar-refractivity contribution >= 4 is 11.8 Å². The molecule has 2 aromatic rings. The number of fused-ring (bicyclic) bond motifs is 1. The highest BCUT2D eigenvalue weighted by Crippen LogP contribution is 2.23. The lowest BCUT2D eigenvalue weighted by molar-refractivity contribution is -0.131. The number of aromatic amines is 1. The Morgan fingerprint density at radius 1 is 1.33 bits per heavy atom. The van der Waals surface area contributed by atoms with Crippen LogP contribution >= 0.6 is 0 Å². The van der Waals surface area contributed by atoms with Gasteiger partial charge in [-0.3, -0.25) is 14.7 Å². The molecule has 7 heteroatoms. The first-order valence-electron chi connectivity index (χ1n) is 9.38. The second kappa shape index (κ2) is 8.70. The van der Waals surface area contributed by atoms with Crippen LogP contribution in [0.1, 0.15) is 47.1 Å². The van der Waals surface area contributed by atoms with Crippen LogP contribution in [0.2, 0.25) is 0 Å². The number of carbonyl (C=O) groups excluding carboxylic acids is 2. The van der Waals surface area contributed by atoms with Crippen molar-refractivity contribution in [1.29, 1.82) is 0 Å². The van der Waals surface area contributed by atoms with E-state index in [0.717, 1.165) is 29.7 Å². The van der Waals surface area contributed by atoms with E-state index in [0.29, 0.717) is 37.5 Å². The number of aromatic nitrogens is 2. The topological polar surface area (TPSA) is 87.3 Å². The van der Waals surface area contributed by atoms with Gasteiger partial charge in [-0.2, -0.15) is 5.10 Å². The fourth-order valence-electron chi connectivity index (χ4n) is 3.28. The number of carbonyl (C=O) groups is 2. The fraction of sp³-hybridized carbons (Fsp3) is 0.450. The van der Waals surface area contributed by atoms with Crippen molar-refractivity contribution in [3.8, 4) is 5.75 Å². The number of rotatable bonds is 7. The molecule has 0 spiro atoms. The lowest BCUT2D eigenvalue weighted by Crippen LogP contribution is -2.37. The molecule has 0 atom stereocenters. The van der Waals surface area contributed by atoms with E-state index in [4.69, 9.17) is 4.74 Å². The minimum Gasteiger partial charge on any atom is -0.496 e.